The summed E-state index contributed by atoms with van der Waals surface area (Å²) in [6, 6.07) is 16.9. The van der Waals surface area contributed by atoms with Crippen LogP contribution < -0.4 is 5.32 Å². The molecular weight excluding hydrogens is 260 g/mol. The molecule has 1 saturated heterocycles. The van der Waals surface area contributed by atoms with Gasteiger partial charge in [0.05, 0.1) is 0 Å². The fraction of sp³-hybridized carbons (Fsp3) is 0.333. The average molecular weight is 280 g/mol. The number of phenolic OH excluding ortho intramolecular Hbond substituents is 1. The Morgan fingerprint density at radius 3 is 2.76 bits per heavy atom. The van der Waals surface area contributed by atoms with Crippen LogP contribution in [0.25, 0.3) is 0 Å². The highest BCUT2D eigenvalue weighted by molar-refractivity contribution is 5.50. The van der Waals surface area contributed by atoms with Crippen molar-refractivity contribution in [3.05, 3.63) is 65.2 Å². The molecule has 4 rings (SSSR count). The van der Waals surface area contributed by atoms with Gasteiger partial charge in [-0.3, -0.25) is 4.90 Å². The molecule has 2 aromatic rings. The van der Waals surface area contributed by atoms with Gasteiger partial charge in [0.2, 0.25) is 0 Å². The lowest BCUT2D eigenvalue weighted by Crippen LogP contribution is -2.50. The Balaban J connectivity index is 1.85. The van der Waals surface area contributed by atoms with Gasteiger partial charge in [0.15, 0.2) is 0 Å². The smallest absolute Gasteiger partial charge is 0.119 e. The van der Waals surface area contributed by atoms with Crippen molar-refractivity contribution in [1.82, 2.24) is 10.2 Å². The van der Waals surface area contributed by atoms with Gasteiger partial charge < -0.3 is 10.4 Å². The van der Waals surface area contributed by atoms with E-state index in [1.165, 1.54) is 11.1 Å². The maximum atomic E-state index is 10.4. The van der Waals surface area contributed by atoms with Gasteiger partial charge in [-0.2, -0.15) is 0 Å². The SMILES string of the molecule is Oc1cccc2c1[C@H](c1ccccc1)CN1CCNC[C@H]21. The molecule has 108 valence electrons. The summed E-state index contributed by atoms with van der Waals surface area (Å²) in [5.74, 6) is 0.698. The number of benzene rings is 2. The lowest BCUT2D eigenvalue weighted by molar-refractivity contribution is 0.142. The minimum atomic E-state index is 0.261. The van der Waals surface area contributed by atoms with Gasteiger partial charge in [-0.25, -0.2) is 0 Å². The minimum absolute atomic E-state index is 0.261. The number of nitrogens with zero attached hydrogens (tertiary/aromatic N) is 1. The maximum absolute atomic E-state index is 10.4. The van der Waals surface area contributed by atoms with Crippen LogP contribution in [-0.4, -0.2) is 36.2 Å². The van der Waals surface area contributed by atoms with Crippen molar-refractivity contribution in [3.63, 3.8) is 0 Å². The minimum Gasteiger partial charge on any atom is -0.508 e. The van der Waals surface area contributed by atoms with Gasteiger partial charge >= 0.3 is 0 Å². The Morgan fingerprint density at radius 1 is 1.05 bits per heavy atom. The van der Waals surface area contributed by atoms with Crippen molar-refractivity contribution in [2.24, 2.45) is 0 Å². The first kappa shape index (κ1) is 12.9. The number of hydrogen-bond donors (Lipinski definition) is 2. The summed E-state index contributed by atoms with van der Waals surface area (Å²) in [7, 11) is 0. The summed E-state index contributed by atoms with van der Waals surface area (Å²) in [4.78, 5) is 2.55. The number of rotatable bonds is 1. The van der Waals surface area contributed by atoms with E-state index in [4.69, 9.17) is 0 Å². The summed E-state index contributed by atoms with van der Waals surface area (Å²) in [6.07, 6.45) is 0. The second-order valence-corrected chi connectivity index (χ2v) is 5.96. The third-order valence-corrected chi connectivity index (χ3v) is 4.80. The highest BCUT2D eigenvalue weighted by Crippen LogP contribution is 2.43. The predicted octanol–water partition coefficient (Wildman–Crippen LogP) is 2.48. The second kappa shape index (κ2) is 5.17. The van der Waals surface area contributed by atoms with Crippen molar-refractivity contribution in [2.45, 2.75) is 12.0 Å². The van der Waals surface area contributed by atoms with E-state index in [9.17, 15) is 5.11 Å². The summed E-state index contributed by atoms with van der Waals surface area (Å²) in [6.45, 7) is 4.08. The van der Waals surface area contributed by atoms with E-state index in [0.29, 0.717) is 11.8 Å². The van der Waals surface area contributed by atoms with Gasteiger partial charge in [0, 0.05) is 43.7 Å². The van der Waals surface area contributed by atoms with Crippen LogP contribution in [0.4, 0.5) is 0 Å². The molecule has 3 heteroatoms. The number of nitrogens with one attached hydrogen (secondary N) is 1. The number of piperazine rings is 1. The normalized spacial score (nSPS) is 25.1. The van der Waals surface area contributed by atoms with E-state index in [-0.39, 0.29) is 5.92 Å². The quantitative estimate of drug-likeness (QED) is 0.842. The van der Waals surface area contributed by atoms with Crippen LogP contribution in [0.1, 0.15) is 28.7 Å². The number of phenols is 1. The van der Waals surface area contributed by atoms with Gasteiger partial charge in [0.1, 0.15) is 5.75 Å². The van der Waals surface area contributed by atoms with Crippen LogP contribution >= 0.6 is 0 Å². The fourth-order valence-corrected chi connectivity index (χ4v) is 3.80. The number of hydrogen-bond acceptors (Lipinski definition) is 3. The van der Waals surface area contributed by atoms with E-state index in [1.807, 2.05) is 18.2 Å². The average Bonchev–Trinajstić information content (AvgIpc) is 2.55. The lowest BCUT2D eigenvalue weighted by Gasteiger charge is -2.44. The molecule has 2 aromatic carbocycles. The first-order chi connectivity index (χ1) is 10.3. The van der Waals surface area contributed by atoms with Crippen molar-refractivity contribution < 1.29 is 5.11 Å². The molecule has 21 heavy (non-hydrogen) atoms. The molecule has 1 fully saturated rings. The van der Waals surface area contributed by atoms with E-state index in [1.54, 1.807) is 0 Å². The Labute approximate surface area is 125 Å². The molecule has 2 atom stereocenters. The van der Waals surface area contributed by atoms with Crippen molar-refractivity contribution in [3.8, 4) is 5.75 Å². The molecule has 0 saturated carbocycles. The summed E-state index contributed by atoms with van der Waals surface area (Å²) in [5.41, 5.74) is 3.69. The molecule has 2 heterocycles. The molecule has 0 bridgehead atoms. The van der Waals surface area contributed by atoms with Crippen LogP contribution in [0.2, 0.25) is 0 Å². The van der Waals surface area contributed by atoms with Crippen LogP contribution in [0, 0.1) is 0 Å². The van der Waals surface area contributed by atoms with Gasteiger partial charge in [-0.15, -0.1) is 0 Å². The Morgan fingerprint density at radius 2 is 1.90 bits per heavy atom. The van der Waals surface area contributed by atoms with E-state index < -0.39 is 0 Å². The van der Waals surface area contributed by atoms with Gasteiger partial charge in [-0.1, -0.05) is 42.5 Å². The topological polar surface area (TPSA) is 35.5 Å². The predicted molar refractivity (Wildman–Crippen MR) is 83.6 cm³/mol. The Bertz CT molecular complexity index is 641. The maximum Gasteiger partial charge on any atom is 0.119 e. The van der Waals surface area contributed by atoms with Crippen LogP contribution in [0.15, 0.2) is 48.5 Å². The Kier molecular flexibility index (Phi) is 3.17. The van der Waals surface area contributed by atoms with Crippen LogP contribution in [0.5, 0.6) is 5.75 Å². The molecular formula is C18H20N2O. The summed E-state index contributed by atoms with van der Waals surface area (Å²) >= 11 is 0. The zero-order chi connectivity index (χ0) is 14.2. The molecule has 2 aliphatic heterocycles. The molecule has 2 aliphatic rings. The third-order valence-electron chi connectivity index (χ3n) is 4.80. The molecule has 0 radical (unpaired) electrons. The van der Waals surface area contributed by atoms with Crippen molar-refractivity contribution in [2.75, 3.05) is 26.2 Å². The van der Waals surface area contributed by atoms with E-state index >= 15 is 0 Å². The summed E-state index contributed by atoms with van der Waals surface area (Å²) in [5, 5.41) is 13.9. The van der Waals surface area contributed by atoms with Crippen LogP contribution in [0.3, 0.4) is 0 Å². The number of fused-ring (bicyclic) bond motifs is 3. The first-order valence-electron chi connectivity index (χ1n) is 7.66. The first-order valence-corrected chi connectivity index (χ1v) is 7.66. The van der Waals surface area contributed by atoms with E-state index in [0.717, 1.165) is 31.7 Å². The van der Waals surface area contributed by atoms with Crippen LogP contribution in [-0.2, 0) is 0 Å². The lowest BCUT2D eigenvalue weighted by atomic mass is 9.80. The molecule has 2 N–H and O–H groups in total. The molecule has 0 unspecified atom stereocenters. The van der Waals surface area contributed by atoms with E-state index in [2.05, 4.69) is 40.5 Å². The monoisotopic (exact) mass is 280 g/mol. The zero-order valence-electron chi connectivity index (χ0n) is 12.0. The van der Waals surface area contributed by atoms with Gasteiger partial charge in [-0.05, 0) is 17.2 Å². The molecule has 0 spiro atoms. The third kappa shape index (κ3) is 2.13. The highest BCUT2D eigenvalue weighted by Gasteiger charge is 2.36. The molecule has 3 nitrogen and oxygen atoms in total. The largest absolute Gasteiger partial charge is 0.508 e. The van der Waals surface area contributed by atoms with Crippen molar-refractivity contribution >= 4 is 0 Å². The number of aromatic hydroxyl groups is 1. The molecule has 0 aliphatic carbocycles. The molecule has 0 amide bonds. The van der Waals surface area contributed by atoms with Crippen molar-refractivity contribution in [1.29, 1.82) is 0 Å². The highest BCUT2D eigenvalue weighted by atomic mass is 16.3. The summed E-state index contributed by atoms with van der Waals surface area (Å²) < 4.78 is 0. The Hall–Kier alpha value is -1.84. The molecule has 0 aromatic heterocycles. The zero-order valence-corrected chi connectivity index (χ0v) is 12.0. The standard InChI is InChI=1S/C18H20N2O/c21-17-8-4-7-14-16-11-19-9-10-20(16)12-15(18(14)17)13-5-2-1-3-6-13/h1-8,15-16,19,21H,9-12H2/t15-,16+/m0/s1. The fourth-order valence-electron chi connectivity index (χ4n) is 3.80. The second-order valence-electron chi connectivity index (χ2n) is 5.96. The van der Waals surface area contributed by atoms with Gasteiger partial charge in [0.25, 0.3) is 0 Å².